The average molecular weight is 428 g/mol. The van der Waals surface area contributed by atoms with Gasteiger partial charge in [0.2, 0.25) is 10.0 Å². The molecule has 4 nitrogen and oxygen atoms in total. The smallest absolute Gasteiger partial charge is 0.241 e. The molecule has 6 rings (SSSR count). The lowest BCUT2D eigenvalue weighted by atomic mass is 9.47. The molecule has 1 unspecified atom stereocenters. The van der Waals surface area contributed by atoms with Crippen molar-refractivity contribution in [1.29, 1.82) is 0 Å². The van der Waals surface area contributed by atoms with Gasteiger partial charge >= 0.3 is 0 Å². The molecule has 2 aromatic carbocycles. The standard InChI is InChI=1S/C25H33NO3S/c1-3-24(25-14-17-11-18(15-25)13-19(12-17)16-25)26-30(27,28)23-10-9-22(29-4-2)20-7-5-6-8-21(20)23/h5-10,17-19,24,26H,3-4,11-16H2,1-2H3. The van der Waals surface area contributed by atoms with Crippen LogP contribution in [-0.4, -0.2) is 21.1 Å². The van der Waals surface area contributed by atoms with Crippen LogP contribution >= 0.6 is 0 Å². The van der Waals surface area contributed by atoms with E-state index in [0.29, 0.717) is 11.5 Å². The van der Waals surface area contributed by atoms with Gasteiger partial charge in [0.1, 0.15) is 5.75 Å². The fourth-order valence-corrected chi connectivity index (χ4v) is 8.89. The summed E-state index contributed by atoms with van der Waals surface area (Å²) in [7, 11) is -3.63. The fourth-order valence-electron chi connectivity index (χ4n) is 7.26. The lowest BCUT2D eigenvalue weighted by Crippen LogP contribution is -2.56. The molecule has 4 aliphatic rings. The zero-order valence-corrected chi connectivity index (χ0v) is 18.9. The maximum atomic E-state index is 13.6. The monoisotopic (exact) mass is 427 g/mol. The summed E-state index contributed by atoms with van der Waals surface area (Å²) in [5.41, 5.74) is 0.150. The van der Waals surface area contributed by atoms with E-state index in [1.165, 1.54) is 38.5 Å². The first kappa shape index (κ1) is 20.3. The highest BCUT2D eigenvalue weighted by Gasteiger charge is 2.54. The summed E-state index contributed by atoms with van der Waals surface area (Å²) in [6.45, 7) is 4.64. The molecule has 30 heavy (non-hydrogen) atoms. The third-order valence-corrected chi connectivity index (χ3v) is 9.49. The first-order valence-corrected chi connectivity index (χ1v) is 13.1. The topological polar surface area (TPSA) is 55.4 Å². The van der Waals surface area contributed by atoms with E-state index < -0.39 is 10.0 Å². The second-order valence-electron chi connectivity index (χ2n) is 9.90. The molecule has 4 bridgehead atoms. The number of rotatable bonds is 7. The molecule has 2 aromatic rings. The van der Waals surface area contributed by atoms with Gasteiger partial charge < -0.3 is 4.74 Å². The molecule has 162 valence electrons. The zero-order chi connectivity index (χ0) is 20.9. The van der Waals surface area contributed by atoms with Crippen molar-refractivity contribution in [3.63, 3.8) is 0 Å². The van der Waals surface area contributed by atoms with Gasteiger partial charge in [0.25, 0.3) is 0 Å². The van der Waals surface area contributed by atoms with Crippen molar-refractivity contribution < 1.29 is 13.2 Å². The summed E-state index contributed by atoms with van der Waals surface area (Å²) < 4.78 is 36.2. The van der Waals surface area contributed by atoms with Gasteiger partial charge in [-0.3, -0.25) is 0 Å². The van der Waals surface area contributed by atoms with Crippen LogP contribution in [0.4, 0.5) is 0 Å². The molecular weight excluding hydrogens is 394 g/mol. The molecule has 1 N–H and O–H groups in total. The van der Waals surface area contributed by atoms with Gasteiger partial charge in [-0.05, 0) is 87.2 Å². The lowest BCUT2D eigenvalue weighted by molar-refractivity contribution is -0.0704. The van der Waals surface area contributed by atoms with Crippen molar-refractivity contribution in [2.45, 2.75) is 69.7 Å². The average Bonchev–Trinajstić information content (AvgIpc) is 2.71. The highest BCUT2D eigenvalue weighted by atomic mass is 32.2. The number of nitrogens with one attached hydrogen (secondary N) is 1. The van der Waals surface area contributed by atoms with Crippen LogP contribution in [0.2, 0.25) is 0 Å². The summed E-state index contributed by atoms with van der Waals surface area (Å²) in [4.78, 5) is 0.365. The lowest BCUT2D eigenvalue weighted by Gasteiger charge is -2.59. The second-order valence-corrected chi connectivity index (χ2v) is 11.6. The third kappa shape index (κ3) is 3.34. The van der Waals surface area contributed by atoms with E-state index in [1.807, 2.05) is 31.2 Å². The number of hydrogen-bond acceptors (Lipinski definition) is 3. The Bertz CT molecular complexity index is 1010. The fraction of sp³-hybridized carbons (Fsp3) is 0.600. The van der Waals surface area contributed by atoms with Gasteiger partial charge in [-0.1, -0.05) is 31.2 Å². The molecule has 0 radical (unpaired) electrons. The van der Waals surface area contributed by atoms with Crippen LogP contribution in [0.3, 0.4) is 0 Å². The Balaban J connectivity index is 1.49. The van der Waals surface area contributed by atoms with Gasteiger partial charge in [0.05, 0.1) is 11.5 Å². The van der Waals surface area contributed by atoms with E-state index in [2.05, 4.69) is 11.6 Å². The summed E-state index contributed by atoms with van der Waals surface area (Å²) >= 11 is 0. The van der Waals surface area contributed by atoms with Gasteiger partial charge in [-0.25, -0.2) is 13.1 Å². The second kappa shape index (κ2) is 7.52. The molecular formula is C25H33NO3S. The number of fused-ring (bicyclic) bond motifs is 1. The molecule has 0 amide bonds. The Morgan fingerprint density at radius 3 is 2.13 bits per heavy atom. The SMILES string of the molecule is CCOc1ccc(S(=O)(=O)NC(CC)C23CC4CC(CC(C4)C2)C3)c2ccccc12. The van der Waals surface area contributed by atoms with E-state index in [0.717, 1.165) is 40.7 Å². The Labute approximate surface area is 180 Å². The normalized spacial score (nSPS) is 31.2. The maximum absolute atomic E-state index is 13.6. The van der Waals surface area contributed by atoms with Gasteiger partial charge in [-0.15, -0.1) is 0 Å². The molecule has 0 aliphatic heterocycles. The summed E-state index contributed by atoms with van der Waals surface area (Å²) in [6, 6.07) is 11.2. The van der Waals surface area contributed by atoms with E-state index in [-0.39, 0.29) is 11.5 Å². The van der Waals surface area contributed by atoms with Crippen LogP contribution < -0.4 is 9.46 Å². The predicted molar refractivity (Wildman–Crippen MR) is 120 cm³/mol. The minimum Gasteiger partial charge on any atom is -0.493 e. The highest BCUT2D eigenvalue weighted by Crippen LogP contribution is 2.61. The van der Waals surface area contributed by atoms with E-state index in [9.17, 15) is 8.42 Å². The van der Waals surface area contributed by atoms with Gasteiger partial charge in [0.15, 0.2) is 0 Å². The zero-order valence-electron chi connectivity index (χ0n) is 18.1. The largest absolute Gasteiger partial charge is 0.493 e. The molecule has 4 saturated carbocycles. The minimum absolute atomic E-state index is 0.0150. The Kier molecular flexibility index (Phi) is 5.10. The first-order valence-electron chi connectivity index (χ1n) is 11.6. The minimum atomic E-state index is -3.63. The molecule has 4 fully saturated rings. The van der Waals surface area contributed by atoms with Crippen LogP contribution in [-0.2, 0) is 10.0 Å². The summed E-state index contributed by atoms with van der Waals surface area (Å²) in [5.74, 6) is 3.16. The third-order valence-electron chi connectivity index (χ3n) is 7.96. The van der Waals surface area contributed by atoms with Crippen molar-refractivity contribution in [1.82, 2.24) is 4.72 Å². The maximum Gasteiger partial charge on any atom is 0.241 e. The highest BCUT2D eigenvalue weighted by molar-refractivity contribution is 7.89. The van der Waals surface area contributed by atoms with Crippen LogP contribution in [0.5, 0.6) is 5.75 Å². The Hall–Kier alpha value is -1.59. The van der Waals surface area contributed by atoms with Crippen LogP contribution in [0.15, 0.2) is 41.3 Å². The first-order chi connectivity index (χ1) is 14.4. The van der Waals surface area contributed by atoms with Crippen molar-refractivity contribution >= 4 is 20.8 Å². The molecule has 4 aliphatic carbocycles. The Morgan fingerprint density at radius 2 is 1.57 bits per heavy atom. The number of benzene rings is 2. The molecule has 0 spiro atoms. The number of sulfonamides is 1. The molecule has 0 heterocycles. The number of hydrogen-bond donors (Lipinski definition) is 1. The molecule has 5 heteroatoms. The van der Waals surface area contributed by atoms with E-state index in [4.69, 9.17) is 4.74 Å². The Morgan fingerprint density at radius 1 is 0.967 bits per heavy atom. The van der Waals surface area contributed by atoms with E-state index >= 15 is 0 Å². The summed E-state index contributed by atoms with van der Waals surface area (Å²) in [6.07, 6.45) is 8.54. The van der Waals surface area contributed by atoms with Crippen LogP contribution in [0, 0.1) is 23.2 Å². The number of ether oxygens (including phenoxy) is 1. The van der Waals surface area contributed by atoms with Crippen molar-refractivity contribution in [3.05, 3.63) is 36.4 Å². The molecule has 1 atom stereocenters. The molecule has 0 saturated heterocycles. The van der Waals surface area contributed by atoms with Gasteiger partial charge in [-0.2, -0.15) is 0 Å². The van der Waals surface area contributed by atoms with Crippen LogP contribution in [0.1, 0.15) is 58.8 Å². The van der Waals surface area contributed by atoms with Crippen LogP contribution in [0.25, 0.3) is 10.8 Å². The van der Waals surface area contributed by atoms with Crippen molar-refractivity contribution in [2.24, 2.45) is 23.2 Å². The van der Waals surface area contributed by atoms with E-state index in [1.54, 1.807) is 12.1 Å². The summed E-state index contributed by atoms with van der Waals surface area (Å²) in [5, 5.41) is 1.58. The molecule has 0 aromatic heterocycles. The van der Waals surface area contributed by atoms with Gasteiger partial charge in [0, 0.05) is 16.8 Å². The van der Waals surface area contributed by atoms with Crippen molar-refractivity contribution in [3.8, 4) is 5.75 Å². The predicted octanol–water partition coefficient (Wildman–Crippen LogP) is 5.51. The quantitative estimate of drug-likeness (QED) is 0.634. The van der Waals surface area contributed by atoms with Crippen molar-refractivity contribution in [2.75, 3.05) is 6.61 Å².